The Morgan fingerprint density at radius 2 is 2.00 bits per heavy atom. The summed E-state index contributed by atoms with van der Waals surface area (Å²) in [5.41, 5.74) is 0.373. The molecule has 3 nitrogen and oxygen atoms in total. The van der Waals surface area contributed by atoms with Crippen LogP contribution in [0.3, 0.4) is 0 Å². The van der Waals surface area contributed by atoms with E-state index in [1.165, 1.54) is 51.4 Å². The van der Waals surface area contributed by atoms with Gasteiger partial charge in [-0.3, -0.25) is 0 Å². The molecule has 2 aliphatic carbocycles. The van der Waals surface area contributed by atoms with E-state index >= 15 is 0 Å². The van der Waals surface area contributed by atoms with Gasteiger partial charge >= 0.3 is 0 Å². The molecule has 4 atom stereocenters. The van der Waals surface area contributed by atoms with E-state index in [2.05, 4.69) is 31.2 Å². The van der Waals surface area contributed by atoms with E-state index in [-0.39, 0.29) is 0 Å². The molecule has 0 radical (unpaired) electrons. The van der Waals surface area contributed by atoms with Crippen LogP contribution in [0.25, 0.3) is 0 Å². The number of methoxy groups -OCH3 is 1. The van der Waals surface area contributed by atoms with E-state index in [4.69, 9.17) is 4.74 Å². The van der Waals surface area contributed by atoms with Gasteiger partial charge in [-0.15, -0.1) is 0 Å². The summed E-state index contributed by atoms with van der Waals surface area (Å²) in [5.74, 6) is 0.867. The molecule has 3 heteroatoms. The zero-order chi connectivity index (χ0) is 14.6. The Balaban J connectivity index is 1.89. The summed E-state index contributed by atoms with van der Waals surface area (Å²) in [6, 6.07) is 0.655. The molecule has 2 rings (SSSR count). The molecule has 118 valence electrons. The highest BCUT2D eigenvalue weighted by molar-refractivity contribution is 4.95. The molecule has 0 aromatic heterocycles. The Hall–Kier alpha value is -0.120. The number of likely N-dealkylation sites (N-methyl/N-ethyl adjacent to an activating group) is 1. The van der Waals surface area contributed by atoms with Crippen LogP contribution in [0.1, 0.15) is 58.3 Å². The lowest BCUT2D eigenvalue weighted by Crippen LogP contribution is -2.56. The van der Waals surface area contributed by atoms with Crippen molar-refractivity contribution in [2.75, 3.05) is 27.7 Å². The fraction of sp³-hybridized carbons (Fsp3) is 1.00. The molecule has 0 spiro atoms. The van der Waals surface area contributed by atoms with Crippen LogP contribution in [0, 0.1) is 5.92 Å². The largest absolute Gasteiger partial charge is 0.381 e. The van der Waals surface area contributed by atoms with Crippen LogP contribution in [0.15, 0.2) is 0 Å². The van der Waals surface area contributed by atoms with Crippen LogP contribution < -0.4 is 5.32 Å². The number of ether oxygens (including phenoxy) is 1. The van der Waals surface area contributed by atoms with Crippen LogP contribution in [-0.2, 0) is 4.74 Å². The van der Waals surface area contributed by atoms with Gasteiger partial charge in [0.1, 0.15) is 0 Å². The van der Waals surface area contributed by atoms with Crippen molar-refractivity contribution in [1.82, 2.24) is 10.2 Å². The average molecular weight is 282 g/mol. The van der Waals surface area contributed by atoms with Crippen molar-refractivity contribution in [3.63, 3.8) is 0 Å². The Bertz CT molecular complexity index is 295. The predicted octanol–water partition coefficient (Wildman–Crippen LogP) is 3.04. The second-order valence-electron chi connectivity index (χ2n) is 7.42. The molecule has 4 unspecified atom stereocenters. The Morgan fingerprint density at radius 1 is 1.20 bits per heavy atom. The van der Waals surface area contributed by atoms with E-state index < -0.39 is 0 Å². The predicted molar refractivity (Wildman–Crippen MR) is 85.1 cm³/mol. The normalized spacial score (nSPS) is 39.1. The minimum Gasteiger partial charge on any atom is -0.381 e. The first kappa shape index (κ1) is 16.3. The summed E-state index contributed by atoms with van der Waals surface area (Å²) in [7, 11) is 6.38. The van der Waals surface area contributed by atoms with Crippen molar-refractivity contribution in [3.05, 3.63) is 0 Å². The third kappa shape index (κ3) is 3.96. The molecule has 0 amide bonds. The molecule has 1 N–H and O–H groups in total. The van der Waals surface area contributed by atoms with Gasteiger partial charge < -0.3 is 15.0 Å². The minimum absolute atomic E-state index is 0.373. The Morgan fingerprint density at radius 3 is 2.65 bits per heavy atom. The topological polar surface area (TPSA) is 24.5 Å². The molecule has 0 bridgehead atoms. The Labute approximate surface area is 125 Å². The molecule has 0 aromatic carbocycles. The number of hydrogen-bond acceptors (Lipinski definition) is 3. The standard InChI is InChI=1S/C17H34N2O/c1-14-7-6-10-17(12-14,19(2)3)13-18-15-8-5-9-16(11-15)20-4/h14-16,18H,5-13H2,1-4H3. The van der Waals surface area contributed by atoms with Crippen molar-refractivity contribution >= 4 is 0 Å². The minimum atomic E-state index is 0.373. The highest BCUT2D eigenvalue weighted by Crippen LogP contribution is 2.35. The van der Waals surface area contributed by atoms with Crippen molar-refractivity contribution in [1.29, 1.82) is 0 Å². The summed E-state index contributed by atoms with van der Waals surface area (Å²) >= 11 is 0. The molecule has 0 heterocycles. The third-order valence-electron chi connectivity index (χ3n) is 5.70. The zero-order valence-electron chi connectivity index (χ0n) is 14.0. The van der Waals surface area contributed by atoms with Gasteiger partial charge in [0.25, 0.3) is 0 Å². The van der Waals surface area contributed by atoms with Crippen molar-refractivity contribution in [2.24, 2.45) is 5.92 Å². The molecule has 0 aromatic rings. The number of nitrogens with zero attached hydrogens (tertiary/aromatic N) is 1. The number of rotatable bonds is 5. The second kappa shape index (κ2) is 7.24. The van der Waals surface area contributed by atoms with Gasteiger partial charge in [-0.2, -0.15) is 0 Å². The molecule has 2 aliphatic rings. The third-order valence-corrected chi connectivity index (χ3v) is 5.70. The lowest BCUT2D eigenvalue weighted by atomic mass is 9.75. The Kier molecular flexibility index (Phi) is 5.88. The molecular weight excluding hydrogens is 248 g/mol. The molecule has 2 fully saturated rings. The van der Waals surface area contributed by atoms with Crippen LogP contribution >= 0.6 is 0 Å². The fourth-order valence-electron chi connectivity index (χ4n) is 4.24. The maximum atomic E-state index is 5.55. The van der Waals surface area contributed by atoms with Crippen molar-refractivity contribution in [2.45, 2.75) is 76.0 Å². The van der Waals surface area contributed by atoms with Crippen LogP contribution in [-0.4, -0.2) is 50.3 Å². The van der Waals surface area contributed by atoms with Crippen LogP contribution in [0.4, 0.5) is 0 Å². The second-order valence-corrected chi connectivity index (χ2v) is 7.42. The first-order chi connectivity index (χ1) is 9.55. The van der Waals surface area contributed by atoms with Gasteiger partial charge in [0.2, 0.25) is 0 Å². The molecule has 0 aliphatic heterocycles. The van der Waals surface area contributed by atoms with Gasteiger partial charge in [-0.1, -0.05) is 19.8 Å². The van der Waals surface area contributed by atoms with Gasteiger partial charge in [-0.05, 0) is 58.5 Å². The highest BCUT2D eigenvalue weighted by atomic mass is 16.5. The first-order valence-corrected chi connectivity index (χ1v) is 8.49. The summed E-state index contributed by atoms with van der Waals surface area (Å²) in [4.78, 5) is 2.48. The van der Waals surface area contributed by atoms with E-state index in [0.29, 0.717) is 17.7 Å². The van der Waals surface area contributed by atoms with E-state index in [1.807, 2.05) is 7.11 Å². The van der Waals surface area contributed by atoms with Crippen LogP contribution in [0.5, 0.6) is 0 Å². The van der Waals surface area contributed by atoms with E-state index in [9.17, 15) is 0 Å². The smallest absolute Gasteiger partial charge is 0.0586 e. The number of hydrogen-bond donors (Lipinski definition) is 1. The first-order valence-electron chi connectivity index (χ1n) is 8.49. The monoisotopic (exact) mass is 282 g/mol. The van der Waals surface area contributed by atoms with Gasteiger partial charge in [-0.25, -0.2) is 0 Å². The van der Waals surface area contributed by atoms with E-state index in [1.54, 1.807) is 0 Å². The molecule has 2 saturated carbocycles. The molecule has 20 heavy (non-hydrogen) atoms. The SMILES string of the molecule is COC1CCCC(NCC2(N(C)C)CCCC(C)C2)C1. The fourth-order valence-corrected chi connectivity index (χ4v) is 4.24. The summed E-state index contributed by atoms with van der Waals surface area (Å²) in [6.45, 7) is 3.56. The van der Waals surface area contributed by atoms with Gasteiger partial charge in [0.15, 0.2) is 0 Å². The van der Waals surface area contributed by atoms with E-state index in [0.717, 1.165) is 12.5 Å². The summed E-state index contributed by atoms with van der Waals surface area (Å²) in [6.07, 6.45) is 11.0. The molecule has 0 saturated heterocycles. The zero-order valence-corrected chi connectivity index (χ0v) is 14.0. The lowest BCUT2D eigenvalue weighted by molar-refractivity contribution is 0.0445. The summed E-state index contributed by atoms with van der Waals surface area (Å²) < 4.78 is 5.55. The molecular formula is C17H34N2O. The highest BCUT2D eigenvalue weighted by Gasteiger charge is 2.37. The summed E-state index contributed by atoms with van der Waals surface area (Å²) in [5, 5.41) is 3.88. The van der Waals surface area contributed by atoms with Gasteiger partial charge in [0, 0.05) is 25.2 Å². The maximum Gasteiger partial charge on any atom is 0.0586 e. The van der Waals surface area contributed by atoms with Crippen molar-refractivity contribution in [3.8, 4) is 0 Å². The lowest BCUT2D eigenvalue weighted by Gasteiger charge is -2.46. The average Bonchev–Trinajstić information content (AvgIpc) is 2.45. The van der Waals surface area contributed by atoms with Crippen molar-refractivity contribution < 1.29 is 4.74 Å². The van der Waals surface area contributed by atoms with Gasteiger partial charge in [0.05, 0.1) is 6.10 Å². The number of nitrogens with one attached hydrogen (secondary N) is 1. The van der Waals surface area contributed by atoms with Crippen LogP contribution in [0.2, 0.25) is 0 Å². The quantitative estimate of drug-likeness (QED) is 0.839. The maximum absolute atomic E-state index is 5.55.